The standard InChI is InChI=1S/C25H19ClFN3O2S2/c1-15(23(31)30-25-29-22(14-33-25)16-6-8-17(26)9-7-16)34-19-12-10-18(11-13-19)28-24(32)20-4-2-3-5-21(20)27/h2-15H,1H3,(H,28,32)(H,29,30,31). The molecule has 0 fully saturated rings. The molecule has 1 unspecified atom stereocenters. The monoisotopic (exact) mass is 511 g/mol. The lowest BCUT2D eigenvalue weighted by Crippen LogP contribution is -2.22. The molecule has 3 aromatic carbocycles. The van der Waals surface area contributed by atoms with Gasteiger partial charge in [0.15, 0.2) is 5.13 Å². The second kappa shape index (κ2) is 10.8. The first-order valence-electron chi connectivity index (χ1n) is 10.2. The molecule has 172 valence electrons. The van der Waals surface area contributed by atoms with Crippen LogP contribution in [0.25, 0.3) is 11.3 Å². The van der Waals surface area contributed by atoms with E-state index in [1.165, 1.54) is 41.3 Å². The highest BCUT2D eigenvalue weighted by Crippen LogP contribution is 2.28. The number of carbonyl (C=O) groups excluding carboxylic acids is 2. The third kappa shape index (κ3) is 6.02. The van der Waals surface area contributed by atoms with Crippen LogP contribution in [0.4, 0.5) is 15.2 Å². The summed E-state index contributed by atoms with van der Waals surface area (Å²) in [5.41, 5.74) is 2.20. The lowest BCUT2D eigenvalue weighted by Gasteiger charge is -2.11. The third-order valence-corrected chi connectivity index (χ3v) is 6.91. The van der Waals surface area contributed by atoms with Gasteiger partial charge in [0.25, 0.3) is 5.91 Å². The van der Waals surface area contributed by atoms with Gasteiger partial charge in [-0.2, -0.15) is 0 Å². The number of nitrogens with zero attached hydrogens (tertiary/aromatic N) is 1. The number of nitrogens with one attached hydrogen (secondary N) is 2. The molecule has 5 nitrogen and oxygen atoms in total. The summed E-state index contributed by atoms with van der Waals surface area (Å²) in [5.74, 6) is -1.26. The molecule has 1 aromatic heterocycles. The molecule has 1 atom stereocenters. The molecule has 0 spiro atoms. The van der Waals surface area contributed by atoms with Crippen molar-refractivity contribution in [2.75, 3.05) is 10.6 Å². The summed E-state index contributed by atoms with van der Waals surface area (Å²) < 4.78 is 13.8. The van der Waals surface area contributed by atoms with Gasteiger partial charge in [-0.15, -0.1) is 23.1 Å². The van der Waals surface area contributed by atoms with Gasteiger partial charge in [-0.05, 0) is 55.5 Å². The van der Waals surface area contributed by atoms with Crippen molar-refractivity contribution in [2.24, 2.45) is 0 Å². The third-order valence-electron chi connectivity index (χ3n) is 4.79. The van der Waals surface area contributed by atoms with Gasteiger partial charge in [-0.1, -0.05) is 35.9 Å². The SMILES string of the molecule is CC(Sc1ccc(NC(=O)c2ccccc2F)cc1)C(=O)Nc1nc(-c2ccc(Cl)cc2)cs1. The zero-order chi connectivity index (χ0) is 24.1. The first-order chi connectivity index (χ1) is 16.4. The van der Waals surface area contributed by atoms with Crippen LogP contribution in [0.3, 0.4) is 0 Å². The van der Waals surface area contributed by atoms with Crippen molar-refractivity contribution in [3.63, 3.8) is 0 Å². The lowest BCUT2D eigenvalue weighted by molar-refractivity contribution is -0.115. The van der Waals surface area contributed by atoms with Gasteiger partial charge in [0.2, 0.25) is 5.91 Å². The molecule has 2 N–H and O–H groups in total. The molecule has 4 aromatic rings. The number of amides is 2. The number of thioether (sulfide) groups is 1. The Labute approximate surface area is 209 Å². The summed E-state index contributed by atoms with van der Waals surface area (Å²) in [5, 5.41) is 8.21. The number of hydrogen-bond donors (Lipinski definition) is 2. The smallest absolute Gasteiger partial charge is 0.258 e. The van der Waals surface area contributed by atoms with E-state index in [0.717, 1.165) is 16.2 Å². The Morgan fingerprint density at radius 1 is 1.00 bits per heavy atom. The number of halogens is 2. The molecule has 0 radical (unpaired) electrons. The van der Waals surface area contributed by atoms with E-state index in [2.05, 4.69) is 15.6 Å². The van der Waals surface area contributed by atoms with Gasteiger partial charge in [-0.3, -0.25) is 9.59 Å². The fraction of sp³-hybridized carbons (Fsp3) is 0.0800. The average molecular weight is 512 g/mol. The van der Waals surface area contributed by atoms with Gasteiger partial charge in [-0.25, -0.2) is 9.37 Å². The van der Waals surface area contributed by atoms with Crippen molar-refractivity contribution < 1.29 is 14.0 Å². The number of aromatic nitrogens is 1. The predicted octanol–water partition coefficient (Wildman–Crippen LogP) is 6.97. The number of rotatable bonds is 7. The van der Waals surface area contributed by atoms with Crippen LogP contribution in [-0.4, -0.2) is 22.0 Å². The maximum Gasteiger partial charge on any atom is 0.258 e. The molecule has 0 bridgehead atoms. The molecule has 0 saturated carbocycles. The van der Waals surface area contributed by atoms with Crippen LogP contribution < -0.4 is 10.6 Å². The average Bonchev–Trinajstić information content (AvgIpc) is 3.29. The summed E-state index contributed by atoms with van der Waals surface area (Å²) in [6, 6.07) is 20.2. The van der Waals surface area contributed by atoms with Gasteiger partial charge in [0.05, 0.1) is 16.5 Å². The van der Waals surface area contributed by atoms with Crippen LogP contribution in [0.15, 0.2) is 83.1 Å². The maximum atomic E-state index is 13.8. The van der Waals surface area contributed by atoms with E-state index in [1.807, 2.05) is 24.4 Å². The topological polar surface area (TPSA) is 71.1 Å². The maximum absolute atomic E-state index is 13.8. The molecule has 0 aliphatic rings. The van der Waals surface area contributed by atoms with Crippen molar-refractivity contribution in [2.45, 2.75) is 17.1 Å². The normalized spacial score (nSPS) is 11.6. The Morgan fingerprint density at radius 2 is 1.71 bits per heavy atom. The van der Waals surface area contributed by atoms with Gasteiger partial charge >= 0.3 is 0 Å². The van der Waals surface area contributed by atoms with Crippen LogP contribution in [0.5, 0.6) is 0 Å². The first kappa shape index (κ1) is 23.9. The Hall–Kier alpha value is -3.20. The molecule has 34 heavy (non-hydrogen) atoms. The molecule has 0 aliphatic carbocycles. The lowest BCUT2D eigenvalue weighted by atomic mass is 10.2. The van der Waals surface area contributed by atoms with Crippen molar-refractivity contribution in [3.8, 4) is 11.3 Å². The minimum absolute atomic E-state index is 0.0207. The zero-order valence-corrected chi connectivity index (χ0v) is 20.3. The number of hydrogen-bond acceptors (Lipinski definition) is 5. The summed E-state index contributed by atoms with van der Waals surface area (Å²) in [7, 11) is 0. The fourth-order valence-electron chi connectivity index (χ4n) is 3.01. The number of thiazole rings is 1. The van der Waals surface area contributed by atoms with Gasteiger partial charge in [0, 0.05) is 26.5 Å². The highest BCUT2D eigenvalue weighted by Gasteiger charge is 2.17. The zero-order valence-electron chi connectivity index (χ0n) is 17.9. The summed E-state index contributed by atoms with van der Waals surface area (Å²) >= 11 is 8.66. The Bertz CT molecular complexity index is 1310. The number of anilines is 2. The van der Waals surface area contributed by atoms with Gasteiger partial charge in [0.1, 0.15) is 5.82 Å². The quantitative estimate of drug-likeness (QED) is 0.263. The van der Waals surface area contributed by atoms with E-state index >= 15 is 0 Å². The summed E-state index contributed by atoms with van der Waals surface area (Å²) in [6.45, 7) is 1.81. The van der Waals surface area contributed by atoms with Crippen molar-refractivity contribution in [3.05, 3.63) is 94.6 Å². The van der Waals surface area contributed by atoms with Crippen molar-refractivity contribution >= 4 is 57.3 Å². The van der Waals surface area contributed by atoms with E-state index < -0.39 is 11.7 Å². The molecule has 9 heteroatoms. The first-order valence-corrected chi connectivity index (χ1v) is 12.4. The minimum Gasteiger partial charge on any atom is -0.322 e. The number of carbonyl (C=O) groups is 2. The van der Waals surface area contributed by atoms with Crippen LogP contribution in [0.1, 0.15) is 17.3 Å². The molecule has 0 saturated heterocycles. The van der Waals surface area contributed by atoms with E-state index in [4.69, 9.17) is 11.6 Å². The second-order valence-electron chi connectivity index (χ2n) is 7.25. The minimum atomic E-state index is -0.576. The van der Waals surface area contributed by atoms with E-state index in [1.54, 1.807) is 42.5 Å². The molecule has 4 rings (SSSR count). The summed E-state index contributed by atoms with van der Waals surface area (Å²) in [6.07, 6.45) is 0. The van der Waals surface area contributed by atoms with E-state index in [0.29, 0.717) is 15.8 Å². The highest BCUT2D eigenvalue weighted by atomic mass is 35.5. The molecule has 2 amide bonds. The predicted molar refractivity (Wildman–Crippen MR) is 137 cm³/mol. The Balaban J connectivity index is 1.32. The second-order valence-corrected chi connectivity index (χ2v) is 9.96. The number of benzene rings is 3. The highest BCUT2D eigenvalue weighted by molar-refractivity contribution is 8.00. The molecule has 0 aliphatic heterocycles. The summed E-state index contributed by atoms with van der Waals surface area (Å²) in [4.78, 5) is 30.2. The molecule has 1 heterocycles. The Morgan fingerprint density at radius 3 is 2.41 bits per heavy atom. The van der Waals surface area contributed by atoms with Crippen LogP contribution in [-0.2, 0) is 4.79 Å². The van der Waals surface area contributed by atoms with Crippen LogP contribution in [0, 0.1) is 5.82 Å². The largest absolute Gasteiger partial charge is 0.322 e. The fourth-order valence-corrected chi connectivity index (χ4v) is 4.73. The van der Waals surface area contributed by atoms with E-state index in [-0.39, 0.29) is 16.7 Å². The van der Waals surface area contributed by atoms with Crippen molar-refractivity contribution in [1.82, 2.24) is 4.98 Å². The Kier molecular flexibility index (Phi) is 7.62. The van der Waals surface area contributed by atoms with Crippen LogP contribution >= 0.6 is 34.7 Å². The molecular weight excluding hydrogens is 493 g/mol. The van der Waals surface area contributed by atoms with E-state index in [9.17, 15) is 14.0 Å². The van der Waals surface area contributed by atoms with Crippen LogP contribution in [0.2, 0.25) is 5.02 Å². The van der Waals surface area contributed by atoms with Crippen molar-refractivity contribution in [1.29, 1.82) is 0 Å². The van der Waals surface area contributed by atoms with Gasteiger partial charge < -0.3 is 10.6 Å². The molecular formula is C25H19ClFN3O2S2.